The molecule has 0 saturated carbocycles. The van der Waals surface area contributed by atoms with Crippen molar-refractivity contribution in [3.63, 3.8) is 0 Å². The highest BCUT2D eigenvalue weighted by atomic mass is 16.6. The predicted molar refractivity (Wildman–Crippen MR) is 84.3 cm³/mol. The molecule has 2 aromatic rings. The van der Waals surface area contributed by atoms with Gasteiger partial charge in [0.1, 0.15) is 5.69 Å². The fourth-order valence-electron chi connectivity index (χ4n) is 2.26. The molecule has 0 saturated heterocycles. The van der Waals surface area contributed by atoms with Crippen molar-refractivity contribution in [1.29, 1.82) is 0 Å². The fourth-order valence-corrected chi connectivity index (χ4v) is 2.26. The minimum absolute atomic E-state index is 0.130. The maximum atomic E-state index is 11.2. The first kappa shape index (κ1) is 15.0. The first-order chi connectivity index (χ1) is 10.2. The van der Waals surface area contributed by atoms with Crippen molar-refractivity contribution >= 4 is 11.4 Å². The summed E-state index contributed by atoms with van der Waals surface area (Å²) in [7, 11) is 0. The lowest BCUT2D eigenvalue weighted by Crippen LogP contribution is -2.26. The van der Waals surface area contributed by atoms with Gasteiger partial charge in [-0.1, -0.05) is 42.5 Å². The molecule has 21 heavy (non-hydrogen) atoms. The molecule has 0 unspecified atom stereocenters. The van der Waals surface area contributed by atoms with Gasteiger partial charge in [0.15, 0.2) is 0 Å². The smallest absolute Gasteiger partial charge is 0.292 e. The van der Waals surface area contributed by atoms with Crippen molar-refractivity contribution in [3.8, 4) is 0 Å². The van der Waals surface area contributed by atoms with E-state index in [-0.39, 0.29) is 10.6 Å². The van der Waals surface area contributed by atoms with E-state index in [9.17, 15) is 10.1 Å². The molecule has 0 aromatic heterocycles. The highest BCUT2D eigenvalue weighted by molar-refractivity contribution is 5.63. The summed E-state index contributed by atoms with van der Waals surface area (Å²) in [6.45, 7) is 1.88. The van der Waals surface area contributed by atoms with Crippen LogP contribution in [0, 0.1) is 10.1 Å². The highest BCUT2D eigenvalue weighted by Gasteiger charge is 2.18. The van der Waals surface area contributed by atoms with E-state index in [4.69, 9.17) is 5.73 Å². The quantitative estimate of drug-likeness (QED) is 0.627. The van der Waals surface area contributed by atoms with Crippen LogP contribution in [0.3, 0.4) is 0 Å². The van der Waals surface area contributed by atoms with Crippen molar-refractivity contribution in [3.05, 3.63) is 70.3 Å². The maximum absolute atomic E-state index is 11.2. The molecular weight excluding hydrogens is 266 g/mol. The monoisotopic (exact) mass is 285 g/mol. The average molecular weight is 285 g/mol. The van der Waals surface area contributed by atoms with Gasteiger partial charge >= 0.3 is 0 Å². The number of hydrogen-bond acceptors (Lipinski definition) is 4. The normalized spacial score (nSPS) is 10.3. The third-order valence-corrected chi connectivity index (χ3v) is 3.27. The molecule has 0 bridgehead atoms. The third kappa shape index (κ3) is 4.03. The SMILES string of the molecule is NCCCN(Cc1ccccc1)c1ccccc1[N+](=O)[O-]. The number of nitrogens with zero attached hydrogens (tertiary/aromatic N) is 2. The van der Waals surface area contributed by atoms with Gasteiger partial charge in [-0.25, -0.2) is 0 Å². The van der Waals surface area contributed by atoms with E-state index in [1.165, 1.54) is 6.07 Å². The Kier molecular flexibility index (Phi) is 5.29. The van der Waals surface area contributed by atoms with Gasteiger partial charge in [0.25, 0.3) is 5.69 Å². The van der Waals surface area contributed by atoms with E-state index < -0.39 is 0 Å². The molecule has 0 heterocycles. The van der Waals surface area contributed by atoms with E-state index in [0.29, 0.717) is 25.3 Å². The van der Waals surface area contributed by atoms with Gasteiger partial charge in [0, 0.05) is 19.2 Å². The number of anilines is 1. The second-order valence-corrected chi connectivity index (χ2v) is 4.80. The first-order valence-corrected chi connectivity index (χ1v) is 6.94. The summed E-state index contributed by atoms with van der Waals surface area (Å²) in [5.41, 5.74) is 7.47. The zero-order chi connectivity index (χ0) is 15.1. The summed E-state index contributed by atoms with van der Waals surface area (Å²) in [6.07, 6.45) is 0.791. The van der Waals surface area contributed by atoms with Crippen LogP contribution in [0.5, 0.6) is 0 Å². The van der Waals surface area contributed by atoms with Crippen LogP contribution in [0.4, 0.5) is 11.4 Å². The predicted octanol–water partition coefficient (Wildman–Crippen LogP) is 2.95. The Labute approximate surface area is 124 Å². The van der Waals surface area contributed by atoms with Gasteiger partial charge in [-0.15, -0.1) is 0 Å². The van der Waals surface area contributed by atoms with E-state index in [0.717, 1.165) is 12.0 Å². The van der Waals surface area contributed by atoms with Crippen LogP contribution >= 0.6 is 0 Å². The van der Waals surface area contributed by atoms with E-state index in [2.05, 4.69) is 0 Å². The molecule has 2 N–H and O–H groups in total. The van der Waals surface area contributed by atoms with Gasteiger partial charge in [-0.2, -0.15) is 0 Å². The second kappa shape index (κ2) is 7.40. The molecule has 0 atom stereocenters. The van der Waals surface area contributed by atoms with E-state index >= 15 is 0 Å². The molecule has 5 heteroatoms. The molecule has 0 spiro atoms. The van der Waals surface area contributed by atoms with Crippen LogP contribution in [0.2, 0.25) is 0 Å². The van der Waals surface area contributed by atoms with Crippen LogP contribution in [0.15, 0.2) is 54.6 Å². The Morgan fingerprint density at radius 3 is 2.38 bits per heavy atom. The first-order valence-electron chi connectivity index (χ1n) is 6.94. The summed E-state index contributed by atoms with van der Waals surface area (Å²) in [4.78, 5) is 12.9. The topological polar surface area (TPSA) is 72.4 Å². The molecule has 0 aliphatic rings. The molecule has 0 radical (unpaired) electrons. The Balaban J connectivity index is 2.29. The summed E-state index contributed by atoms with van der Waals surface area (Å²) < 4.78 is 0. The molecular formula is C16H19N3O2. The molecule has 0 fully saturated rings. The third-order valence-electron chi connectivity index (χ3n) is 3.27. The van der Waals surface area contributed by atoms with Crippen molar-refractivity contribution in [2.24, 2.45) is 5.73 Å². The highest BCUT2D eigenvalue weighted by Crippen LogP contribution is 2.28. The summed E-state index contributed by atoms with van der Waals surface area (Å²) in [5, 5.41) is 11.2. The van der Waals surface area contributed by atoms with Crippen LogP contribution in [0.25, 0.3) is 0 Å². The Hall–Kier alpha value is -2.40. The van der Waals surface area contributed by atoms with Gasteiger partial charge in [0.05, 0.1) is 4.92 Å². The summed E-state index contributed by atoms with van der Waals surface area (Å²) in [6, 6.07) is 16.8. The van der Waals surface area contributed by atoms with Gasteiger partial charge in [-0.3, -0.25) is 10.1 Å². The molecule has 2 aromatic carbocycles. The van der Waals surface area contributed by atoms with Gasteiger partial charge in [-0.05, 0) is 24.6 Å². The van der Waals surface area contributed by atoms with E-state index in [1.807, 2.05) is 41.3 Å². The minimum Gasteiger partial charge on any atom is -0.362 e. The van der Waals surface area contributed by atoms with Crippen molar-refractivity contribution in [2.45, 2.75) is 13.0 Å². The maximum Gasteiger partial charge on any atom is 0.292 e. The van der Waals surface area contributed by atoms with Crippen LogP contribution < -0.4 is 10.6 Å². The average Bonchev–Trinajstić information content (AvgIpc) is 2.52. The molecule has 2 rings (SSSR count). The Morgan fingerprint density at radius 2 is 1.71 bits per heavy atom. The number of nitro groups is 1. The van der Waals surface area contributed by atoms with E-state index in [1.54, 1.807) is 12.1 Å². The number of para-hydroxylation sites is 2. The largest absolute Gasteiger partial charge is 0.362 e. The number of benzene rings is 2. The molecule has 5 nitrogen and oxygen atoms in total. The number of nitrogens with two attached hydrogens (primary N) is 1. The number of hydrogen-bond donors (Lipinski definition) is 1. The van der Waals surface area contributed by atoms with Gasteiger partial charge in [0.2, 0.25) is 0 Å². The lowest BCUT2D eigenvalue weighted by atomic mass is 10.1. The molecule has 0 aliphatic heterocycles. The fraction of sp³-hybridized carbons (Fsp3) is 0.250. The molecule has 0 amide bonds. The number of nitro benzene ring substituents is 1. The second-order valence-electron chi connectivity index (χ2n) is 4.80. The van der Waals surface area contributed by atoms with Gasteiger partial charge < -0.3 is 10.6 Å². The lowest BCUT2D eigenvalue weighted by Gasteiger charge is -2.24. The van der Waals surface area contributed by atoms with Crippen LogP contribution in [-0.2, 0) is 6.54 Å². The molecule has 110 valence electrons. The summed E-state index contributed by atoms with van der Waals surface area (Å²) >= 11 is 0. The Morgan fingerprint density at radius 1 is 1.05 bits per heavy atom. The summed E-state index contributed by atoms with van der Waals surface area (Å²) in [5.74, 6) is 0. The van der Waals surface area contributed by atoms with Crippen LogP contribution in [0.1, 0.15) is 12.0 Å². The lowest BCUT2D eigenvalue weighted by molar-refractivity contribution is -0.384. The number of rotatable bonds is 7. The van der Waals surface area contributed by atoms with Crippen molar-refractivity contribution in [2.75, 3.05) is 18.0 Å². The Bertz CT molecular complexity index is 587. The minimum atomic E-state index is -0.338. The zero-order valence-corrected chi connectivity index (χ0v) is 11.8. The molecule has 0 aliphatic carbocycles. The zero-order valence-electron chi connectivity index (χ0n) is 11.8. The van der Waals surface area contributed by atoms with Crippen molar-refractivity contribution < 1.29 is 4.92 Å². The van der Waals surface area contributed by atoms with Crippen LogP contribution in [-0.4, -0.2) is 18.0 Å². The van der Waals surface area contributed by atoms with Crippen molar-refractivity contribution in [1.82, 2.24) is 0 Å². The standard InChI is InChI=1S/C16H19N3O2/c17-11-6-12-18(13-14-7-2-1-3-8-14)15-9-4-5-10-16(15)19(20)21/h1-5,7-10H,6,11-13,17H2.